The third-order valence-electron chi connectivity index (χ3n) is 2.73. The second kappa shape index (κ2) is 4.53. The summed E-state index contributed by atoms with van der Waals surface area (Å²) in [5, 5.41) is 8.48. The molecule has 0 saturated carbocycles. The zero-order chi connectivity index (χ0) is 11.5. The van der Waals surface area contributed by atoms with Gasteiger partial charge in [0.25, 0.3) is 0 Å². The predicted molar refractivity (Wildman–Crippen MR) is 59.6 cm³/mol. The smallest absolute Gasteiger partial charge is 0.306 e. The molecule has 1 aromatic rings. The average Bonchev–Trinajstić information content (AvgIpc) is 2.56. The molecule has 1 atom stereocenters. The van der Waals surface area contributed by atoms with E-state index in [0.717, 1.165) is 18.6 Å². The molecule has 0 amide bonds. The molecule has 3 N–H and O–H groups in total. The van der Waals surface area contributed by atoms with Crippen molar-refractivity contribution < 1.29 is 14.6 Å². The van der Waals surface area contributed by atoms with Crippen molar-refractivity contribution in [3.05, 3.63) is 29.3 Å². The lowest BCUT2D eigenvalue weighted by Crippen LogP contribution is -2.18. The Morgan fingerprint density at radius 1 is 1.44 bits per heavy atom. The van der Waals surface area contributed by atoms with Crippen LogP contribution >= 0.6 is 0 Å². The fourth-order valence-corrected chi connectivity index (χ4v) is 1.97. The summed E-state index contributed by atoms with van der Waals surface area (Å²) < 4.78 is 5.36. The summed E-state index contributed by atoms with van der Waals surface area (Å²) in [7, 11) is 0. The summed E-state index contributed by atoms with van der Waals surface area (Å²) in [6.07, 6.45) is 1.83. The first-order chi connectivity index (χ1) is 7.65. The molecule has 16 heavy (non-hydrogen) atoms. The SMILES string of the molecule is NC1Cc2ccc(OCCC(=O)O)cc2C1. The molecule has 2 rings (SSSR count). The van der Waals surface area contributed by atoms with E-state index in [2.05, 4.69) is 0 Å². The van der Waals surface area contributed by atoms with Crippen LogP contribution in [0.1, 0.15) is 17.5 Å². The highest BCUT2D eigenvalue weighted by Crippen LogP contribution is 2.25. The summed E-state index contributed by atoms with van der Waals surface area (Å²) in [4.78, 5) is 10.3. The van der Waals surface area contributed by atoms with Crippen molar-refractivity contribution >= 4 is 5.97 Å². The van der Waals surface area contributed by atoms with E-state index >= 15 is 0 Å². The van der Waals surface area contributed by atoms with Crippen LogP contribution in [0.2, 0.25) is 0 Å². The van der Waals surface area contributed by atoms with Gasteiger partial charge >= 0.3 is 5.97 Å². The van der Waals surface area contributed by atoms with Crippen LogP contribution < -0.4 is 10.5 Å². The normalized spacial score (nSPS) is 18.2. The first kappa shape index (κ1) is 11.0. The van der Waals surface area contributed by atoms with Crippen LogP contribution in [0.4, 0.5) is 0 Å². The van der Waals surface area contributed by atoms with Gasteiger partial charge in [-0.3, -0.25) is 4.79 Å². The van der Waals surface area contributed by atoms with Crippen molar-refractivity contribution in [1.82, 2.24) is 0 Å². The largest absolute Gasteiger partial charge is 0.493 e. The van der Waals surface area contributed by atoms with Crippen molar-refractivity contribution in [2.45, 2.75) is 25.3 Å². The van der Waals surface area contributed by atoms with Crippen molar-refractivity contribution in [2.75, 3.05) is 6.61 Å². The van der Waals surface area contributed by atoms with Gasteiger partial charge in [-0.1, -0.05) is 6.07 Å². The summed E-state index contributed by atoms with van der Waals surface area (Å²) in [6, 6.07) is 6.06. The zero-order valence-electron chi connectivity index (χ0n) is 8.98. The van der Waals surface area contributed by atoms with Gasteiger partial charge in [0.1, 0.15) is 5.75 Å². The highest BCUT2D eigenvalue weighted by atomic mass is 16.5. The van der Waals surface area contributed by atoms with Crippen LogP contribution in [0.3, 0.4) is 0 Å². The Hall–Kier alpha value is -1.55. The minimum absolute atomic E-state index is 0.0244. The molecule has 0 spiro atoms. The standard InChI is InChI=1S/C12H15NO3/c13-10-5-8-1-2-11(7-9(8)6-10)16-4-3-12(14)15/h1-2,7,10H,3-6,13H2,(H,14,15). The Labute approximate surface area is 94.0 Å². The number of carboxylic acids is 1. The van der Waals surface area contributed by atoms with Gasteiger partial charge in [-0.25, -0.2) is 0 Å². The number of rotatable bonds is 4. The molecule has 0 saturated heterocycles. The van der Waals surface area contributed by atoms with Crippen LogP contribution in [0.15, 0.2) is 18.2 Å². The first-order valence-corrected chi connectivity index (χ1v) is 5.37. The van der Waals surface area contributed by atoms with Gasteiger partial charge < -0.3 is 15.6 Å². The summed E-state index contributed by atoms with van der Waals surface area (Å²) in [6.45, 7) is 0.209. The van der Waals surface area contributed by atoms with E-state index in [4.69, 9.17) is 15.6 Å². The van der Waals surface area contributed by atoms with Gasteiger partial charge in [-0.2, -0.15) is 0 Å². The third-order valence-corrected chi connectivity index (χ3v) is 2.73. The van der Waals surface area contributed by atoms with Gasteiger partial charge in [0.05, 0.1) is 13.0 Å². The highest BCUT2D eigenvalue weighted by Gasteiger charge is 2.18. The lowest BCUT2D eigenvalue weighted by molar-refractivity contribution is -0.137. The molecule has 4 heteroatoms. The van der Waals surface area contributed by atoms with E-state index in [1.54, 1.807) is 0 Å². The van der Waals surface area contributed by atoms with Gasteiger partial charge in [0, 0.05) is 6.04 Å². The van der Waals surface area contributed by atoms with E-state index in [1.807, 2.05) is 18.2 Å². The van der Waals surface area contributed by atoms with Crippen LogP contribution in [0.25, 0.3) is 0 Å². The number of benzene rings is 1. The number of ether oxygens (including phenoxy) is 1. The molecule has 0 heterocycles. The molecule has 0 fully saturated rings. The zero-order valence-corrected chi connectivity index (χ0v) is 8.98. The lowest BCUT2D eigenvalue weighted by Gasteiger charge is -2.06. The van der Waals surface area contributed by atoms with Crippen LogP contribution in [0, 0.1) is 0 Å². The summed E-state index contributed by atoms with van der Waals surface area (Å²) in [5.74, 6) is -0.114. The van der Waals surface area contributed by atoms with Crippen LogP contribution in [-0.2, 0) is 17.6 Å². The molecule has 0 aliphatic heterocycles. The fourth-order valence-electron chi connectivity index (χ4n) is 1.97. The second-order valence-electron chi connectivity index (χ2n) is 4.09. The Morgan fingerprint density at radius 3 is 2.94 bits per heavy atom. The van der Waals surface area contributed by atoms with Crippen molar-refractivity contribution in [1.29, 1.82) is 0 Å². The minimum Gasteiger partial charge on any atom is -0.493 e. The number of fused-ring (bicyclic) bond motifs is 1. The quantitative estimate of drug-likeness (QED) is 0.794. The Kier molecular flexibility index (Phi) is 3.10. The molecule has 4 nitrogen and oxygen atoms in total. The molecule has 0 aromatic heterocycles. The highest BCUT2D eigenvalue weighted by molar-refractivity contribution is 5.66. The molecule has 1 aliphatic rings. The predicted octanol–water partition coefficient (Wildman–Crippen LogP) is 0.966. The third kappa shape index (κ3) is 2.52. The summed E-state index contributed by atoms with van der Waals surface area (Å²) >= 11 is 0. The molecule has 1 unspecified atom stereocenters. The van der Waals surface area contributed by atoms with Crippen molar-refractivity contribution in [3.8, 4) is 5.75 Å². The Balaban J connectivity index is 1.97. The number of carbonyl (C=O) groups is 1. The fraction of sp³-hybridized carbons (Fsp3) is 0.417. The maximum absolute atomic E-state index is 10.3. The molecule has 0 radical (unpaired) electrons. The minimum atomic E-state index is -0.844. The van der Waals surface area contributed by atoms with E-state index in [1.165, 1.54) is 11.1 Å². The number of hydrogen-bond acceptors (Lipinski definition) is 3. The monoisotopic (exact) mass is 221 g/mol. The van der Waals surface area contributed by atoms with E-state index in [-0.39, 0.29) is 19.1 Å². The number of hydrogen-bond donors (Lipinski definition) is 2. The molecule has 0 bridgehead atoms. The van der Waals surface area contributed by atoms with Gasteiger partial charge in [-0.05, 0) is 36.1 Å². The van der Waals surface area contributed by atoms with Crippen LogP contribution in [0.5, 0.6) is 5.75 Å². The number of carboxylic acid groups (broad SMARTS) is 1. The second-order valence-corrected chi connectivity index (χ2v) is 4.09. The number of aliphatic carboxylic acids is 1. The van der Waals surface area contributed by atoms with Crippen LogP contribution in [-0.4, -0.2) is 23.7 Å². The number of nitrogens with two attached hydrogens (primary N) is 1. The first-order valence-electron chi connectivity index (χ1n) is 5.37. The van der Waals surface area contributed by atoms with Crippen molar-refractivity contribution in [3.63, 3.8) is 0 Å². The lowest BCUT2D eigenvalue weighted by atomic mass is 10.1. The van der Waals surface area contributed by atoms with E-state index < -0.39 is 5.97 Å². The van der Waals surface area contributed by atoms with Crippen molar-refractivity contribution in [2.24, 2.45) is 5.73 Å². The maximum Gasteiger partial charge on any atom is 0.306 e. The summed E-state index contributed by atoms with van der Waals surface area (Å²) in [5.41, 5.74) is 8.35. The Morgan fingerprint density at radius 2 is 2.19 bits per heavy atom. The Bertz CT molecular complexity index is 403. The molecule has 1 aliphatic carbocycles. The van der Waals surface area contributed by atoms with Gasteiger partial charge in [0.15, 0.2) is 0 Å². The van der Waals surface area contributed by atoms with Gasteiger partial charge in [0.2, 0.25) is 0 Å². The maximum atomic E-state index is 10.3. The average molecular weight is 221 g/mol. The molecular weight excluding hydrogens is 206 g/mol. The van der Waals surface area contributed by atoms with Gasteiger partial charge in [-0.15, -0.1) is 0 Å². The topological polar surface area (TPSA) is 72.5 Å². The molecule has 1 aromatic carbocycles. The van der Waals surface area contributed by atoms with E-state index in [0.29, 0.717) is 0 Å². The molecular formula is C12H15NO3. The molecule has 86 valence electrons. The van der Waals surface area contributed by atoms with E-state index in [9.17, 15) is 4.79 Å².